The third kappa shape index (κ3) is 4.38. The monoisotopic (exact) mass is 587 g/mol. The number of nitrogens with two attached hydrogens (primary N) is 1. The van der Waals surface area contributed by atoms with Gasteiger partial charge >= 0.3 is 5.63 Å². The van der Waals surface area contributed by atoms with Crippen LogP contribution in [0.15, 0.2) is 59.8 Å². The molecule has 6 N–H and O–H groups in total. The summed E-state index contributed by atoms with van der Waals surface area (Å²) in [6, 6.07) is 7.35. The Hall–Kier alpha value is -4.31. The fourth-order valence-corrected chi connectivity index (χ4v) is 6.12. The molecule has 0 unspecified atom stereocenters. The lowest BCUT2D eigenvalue weighted by molar-refractivity contribution is 0.0953. The lowest BCUT2D eigenvalue weighted by atomic mass is 9.99. The molecule has 2 aromatic heterocycles. The van der Waals surface area contributed by atoms with Gasteiger partial charge in [-0.3, -0.25) is 19.3 Å². The van der Waals surface area contributed by atoms with Crippen LogP contribution in [0, 0.1) is 5.41 Å². The van der Waals surface area contributed by atoms with E-state index in [0.29, 0.717) is 6.54 Å². The zero-order valence-electron chi connectivity index (χ0n) is 20.6. The number of amides is 1. The minimum Gasteiger partial charge on any atom is -0.453 e. The molecule has 0 saturated carbocycles. The van der Waals surface area contributed by atoms with E-state index in [1.807, 2.05) is 6.92 Å². The maximum Gasteiger partial charge on any atom is 0.344 e. The lowest BCUT2D eigenvalue weighted by Gasteiger charge is -2.13. The molecule has 15 heteroatoms. The van der Waals surface area contributed by atoms with Gasteiger partial charge in [0.1, 0.15) is 5.58 Å². The van der Waals surface area contributed by atoms with Crippen LogP contribution in [-0.4, -0.2) is 38.4 Å². The molecule has 0 radical (unpaired) electrons. The minimum absolute atomic E-state index is 0.0230. The molecule has 0 aliphatic carbocycles. The second kappa shape index (κ2) is 9.41. The summed E-state index contributed by atoms with van der Waals surface area (Å²) in [4.78, 5) is 24.1. The molecule has 0 aliphatic heterocycles. The fourth-order valence-electron chi connectivity index (χ4n) is 4.66. The number of hydrogen-bond acceptors (Lipinski definition) is 10. The molecule has 0 aliphatic rings. The molecule has 0 saturated heterocycles. The molecular weight excluding hydrogens is 566 g/mol. The van der Waals surface area contributed by atoms with Crippen molar-refractivity contribution in [1.82, 2.24) is 5.32 Å². The Bertz CT molecular complexity index is 2250. The van der Waals surface area contributed by atoms with Crippen molar-refractivity contribution in [2.75, 3.05) is 12.3 Å². The number of anilines is 1. The summed E-state index contributed by atoms with van der Waals surface area (Å²) >= 11 is 0. The van der Waals surface area contributed by atoms with Crippen LogP contribution in [-0.2, 0) is 20.2 Å². The molecule has 0 atom stereocenters. The van der Waals surface area contributed by atoms with Crippen molar-refractivity contribution < 1.29 is 39.6 Å². The van der Waals surface area contributed by atoms with E-state index in [2.05, 4.69) is 5.32 Å². The molecule has 40 heavy (non-hydrogen) atoms. The van der Waals surface area contributed by atoms with Crippen molar-refractivity contribution in [1.29, 1.82) is 5.41 Å². The molecule has 0 spiro atoms. The van der Waals surface area contributed by atoms with Gasteiger partial charge in [-0.25, -0.2) is 4.79 Å². The smallest absolute Gasteiger partial charge is 0.344 e. The molecule has 13 nitrogen and oxygen atoms in total. The first-order valence-corrected chi connectivity index (χ1v) is 14.6. The summed E-state index contributed by atoms with van der Waals surface area (Å²) < 4.78 is 80.5. The molecule has 5 aromatic rings. The van der Waals surface area contributed by atoms with Gasteiger partial charge in [0.2, 0.25) is 0 Å². The zero-order valence-corrected chi connectivity index (χ0v) is 22.3. The molecule has 208 valence electrons. The van der Waals surface area contributed by atoms with Gasteiger partial charge < -0.3 is 19.9 Å². The zero-order chi connectivity index (χ0) is 29.1. The molecule has 0 bridgehead atoms. The third-order valence-electron chi connectivity index (χ3n) is 6.37. The van der Waals surface area contributed by atoms with Crippen molar-refractivity contribution in [2.24, 2.45) is 0 Å². The molecule has 5 rings (SSSR count). The van der Waals surface area contributed by atoms with E-state index in [9.17, 15) is 35.5 Å². The third-order valence-corrected chi connectivity index (χ3v) is 8.23. The second-order valence-electron chi connectivity index (χ2n) is 9.00. The maximum absolute atomic E-state index is 13.2. The van der Waals surface area contributed by atoms with Crippen molar-refractivity contribution in [3.8, 4) is 0 Å². The summed E-state index contributed by atoms with van der Waals surface area (Å²) in [7, 11) is -10.2. The van der Waals surface area contributed by atoms with Crippen LogP contribution in [0.3, 0.4) is 0 Å². The Morgan fingerprint density at radius 3 is 2.25 bits per heavy atom. The van der Waals surface area contributed by atoms with Gasteiger partial charge in [0, 0.05) is 28.9 Å². The van der Waals surface area contributed by atoms with E-state index in [1.54, 1.807) is 0 Å². The van der Waals surface area contributed by atoms with Gasteiger partial charge in [0.15, 0.2) is 21.0 Å². The summed E-state index contributed by atoms with van der Waals surface area (Å²) in [6.07, 6.45) is 1.55. The number of fused-ring (bicyclic) bond motifs is 4. The number of carbonyl (C=O) groups is 1. The van der Waals surface area contributed by atoms with Crippen LogP contribution in [0.1, 0.15) is 30.1 Å². The quantitative estimate of drug-likeness (QED) is 0.0838. The Morgan fingerprint density at radius 1 is 0.925 bits per heavy atom. The Labute approximate surface area is 225 Å². The standard InChI is InChI=1S/C25H21N3O10S2/c1-2-3-8-28-24(29)11-4-5-12-14(9-11)18-13-6-7-15(26)22(39(31,32)33)20(13)38-21-19(18)17(37-25(12)30)10-16(27)23(21)40(34,35)36/h4-7,9-10,26H,2-3,8,27H2,1H3,(H,28,29)(H,31,32,33)(H,34,35,36). The van der Waals surface area contributed by atoms with E-state index < -0.39 is 63.8 Å². The number of carbonyl (C=O) groups excluding carboxylic acids is 1. The molecule has 3 aromatic carbocycles. The van der Waals surface area contributed by atoms with E-state index >= 15 is 0 Å². The van der Waals surface area contributed by atoms with Gasteiger partial charge in [0.05, 0.1) is 21.8 Å². The highest BCUT2D eigenvalue weighted by Crippen LogP contribution is 2.42. The first-order valence-electron chi connectivity index (χ1n) is 11.7. The number of rotatable bonds is 6. The van der Waals surface area contributed by atoms with Crippen LogP contribution in [0.5, 0.6) is 0 Å². The predicted molar refractivity (Wildman–Crippen MR) is 144 cm³/mol. The summed E-state index contributed by atoms with van der Waals surface area (Å²) in [5.74, 6) is -0.474. The van der Waals surface area contributed by atoms with Crippen molar-refractivity contribution >= 4 is 75.5 Å². The SMILES string of the molecule is CCCCNC(=O)c1ccc2c(=O)oc3cc(N)c(S(=O)(=O)O)c4oc5c(S(=O)(=O)O)c(=N)ccc5c(c2c1)c34. The number of nitrogen functional groups attached to an aromatic ring is 1. The van der Waals surface area contributed by atoms with Crippen molar-refractivity contribution in [2.45, 2.75) is 29.6 Å². The topological polar surface area (TPSA) is 231 Å². The first-order chi connectivity index (χ1) is 18.7. The van der Waals surface area contributed by atoms with E-state index in [1.165, 1.54) is 24.3 Å². The summed E-state index contributed by atoms with van der Waals surface area (Å²) in [5.41, 5.74) is 2.87. The van der Waals surface area contributed by atoms with Crippen LogP contribution < -0.4 is 22.0 Å². The van der Waals surface area contributed by atoms with Gasteiger partial charge in [-0.1, -0.05) is 13.3 Å². The number of hydrogen-bond donors (Lipinski definition) is 5. The van der Waals surface area contributed by atoms with Gasteiger partial charge in [-0.15, -0.1) is 0 Å². The first kappa shape index (κ1) is 27.3. The average Bonchev–Trinajstić information content (AvgIpc) is 2.96. The summed E-state index contributed by atoms with van der Waals surface area (Å²) in [5, 5.41) is 9.81. The number of benzene rings is 3. The maximum atomic E-state index is 13.2. The highest BCUT2D eigenvalue weighted by atomic mass is 32.2. The molecule has 0 fully saturated rings. The van der Waals surface area contributed by atoms with E-state index in [-0.39, 0.29) is 38.1 Å². The highest BCUT2D eigenvalue weighted by Gasteiger charge is 2.29. The molecule has 1 amide bonds. The Kier molecular flexibility index (Phi) is 6.41. The van der Waals surface area contributed by atoms with Gasteiger partial charge in [0.25, 0.3) is 26.1 Å². The predicted octanol–water partition coefficient (Wildman–Crippen LogP) is 2.93. The van der Waals surface area contributed by atoms with Gasteiger partial charge in [-0.05, 0) is 42.1 Å². The fraction of sp³-hybridized carbons (Fsp3) is 0.160. The van der Waals surface area contributed by atoms with Crippen molar-refractivity contribution in [3.63, 3.8) is 0 Å². The summed E-state index contributed by atoms with van der Waals surface area (Å²) in [6.45, 7) is 2.33. The normalized spacial score (nSPS) is 12.5. The highest BCUT2D eigenvalue weighted by molar-refractivity contribution is 7.86. The lowest BCUT2D eigenvalue weighted by Crippen LogP contribution is -2.24. The van der Waals surface area contributed by atoms with E-state index in [0.717, 1.165) is 25.0 Å². The Morgan fingerprint density at radius 2 is 1.60 bits per heavy atom. The van der Waals surface area contributed by atoms with Gasteiger partial charge in [-0.2, -0.15) is 16.8 Å². The molecular formula is C25H21N3O10S2. The number of nitrogens with one attached hydrogen (secondary N) is 2. The number of unbranched alkanes of at least 4 members (excludes halogenated alkanes) is 1. The van der Waals surface area contributed by atoms with E-state index in [4.69, 9.17) is 20.0 Å². The van der Waals surface area contributed by atoms with Crippen LogP contribution in [0.2, 0.25) is 0 Å². The van der Waals surface area contributed by atoms with Crippen LogP contribution >= 0.6 is 0 Å². The average molecular weight is 588 g/mol. The molecule has 2 heterocycles. The minimum atomic E-state index is -5.12. The van der Waals surface area contributed by atoms with Crippen molar-refractivity contribution in [3.05, 3.63) is 57.7 Å². The largest absolute Gasteiger partial charge is 0.453 e. The van der Waals surface area contributed by atoms with Crippen LogP contribution in [0.4, 0.5) is 5.69 Å². The Balaban J connectivity index is 2.14. The van der Waals surface area contributed by atoms with Crippen LogP contribution in [0.25, 0.3) is 43.7 Å². The second-order valence-corrected chi connectivity index (χ2v) is 11.7.